The molecule has 1 heterocycles. The Balaban J connectivity index is 0.00000480. The van der Waals surface area contributed by atoms with Crippen LogP contribution in [0.3, 0.4) is 0 Å². The minimum absolute atomic E-state index is 0. The van der Waals surface area contributed by atoms with E-state index in [-0.39, 0.29) is 24.0 Å². The number of thiazole rings is 1. The predicted molar refractivity (Wildman–Crippen MR) is 140 cm³/mol. The molecular weight excluding hydrogens is 525 g/mol. The van der Waals surface area contributed by atoms with E-state index in [4.69, 9.17) is 14.5 Å². The maximum Gasteiger partial charge on any atom is 0.194 e. The Morgan fingerprint density at radius 2 is 2.00 bits per heavy atom. The van der Waals surface area contributed by atoms with Crippen LogP contribution < -0.4 is 10.1 Å². The molecule has 0 radical (unpaired) electrons. The lowest BCUT2D eigenvalue weighted by Gasteiger charge is -2.21. The first-order chi connectivity index (χ1) is 14.5. The number of hydrogen-bond acceptors (Lipinski definition) is 6. The van der Waals surface area contributed by atoms with Gasteiger partial charge in [-0.2, -0.15) is 0 Å². The molecule has 31 heavy (non-hydrogen) atoms. The number of aromatic nitrogens is 1. The van der Waals surface area contributed by atoms with E-state index < -0.39 is 0 Å². The molecule has 9 heteroatoms. The van der Waals surface area contributed by atoms with Gasteiger partial charge in [0.05, 0.1) is 30.4 Å². The normalized spacial score (nSPS) is 11.4. The second-order valence-corrected chi connectivity index (χ2v) is 8.24. The molecule has 1 N–H and O–H groups in total. The molecule has 2 aromatic rings. The van der Waals surface area contributed by atoms with Crippen molar-refractivity contribution in [2.75, 3.05) is 54.1 Å². The zero-order chi connectivity index (χ0) is 21.8. The predicted octanol–water partition coefficient (Wildman–Crippen LogP) is 3.62. The van der Waals surface area contributed by atoms with Gasteiger partial charge >= 0.3 is 0 Å². The molecule has 1 aromatic heterocycles. The maximum atomic E-state index is 5.92. The summed E-state index contributed by atoms with van der Waals surface area (Å²) in [4.78, 5) is 13.6. The van der Waals surface area contributed by atoms with Crippen LogP contribution in [0.1, 0.15) is 23.2 Å². The smallest absolute Gasteiger partial charge is 0.194 e. The first-order valence-corrected chi connectivity index (χ1v) is 11.2. The number of methoxy groups -OCH3 is 1. The number of aryl methyl sites for hydroxylation is 1. The summed E-state index contributed by atoms with van der Waals surface area (Å²) in [6.07, 6.45) is 0. The van der Waals surface area contributed by atoms with Gasteiger partial charge in [-0.1, -0.05) is 12.1 Å². The summed E-state index contributed by atoms with van der Waals surface area (Å²) in [7, 11) is 5.83. The van der Waals surface area contributed by atoms with Crippen LogP contribution in [0.5, 0.6) is 5.75 Å². The molecule has 0 bridgehead atoms. The van der Waals surface area contributed by atoms with Crippen LogP contribution in [0, 0.1) is 6.92 Å². The molecule has 0 atom stereocenters. The molecular formula is C22H36IN5O2S. The Morgan fingerprint density at radius 1 is 1.23 bits per heavy atom. The van der Waals surface area contributed by atoms with E-state index in [1.54, 1.807) is 18.4 Å². The van der Waals surface area contributed by atoms with Gasteiger partial charge in [0, 0.05) is 39.2 Å². The average Bonchev–Trinajstić information content (AvgIpc) is 3.14. The lowest BCUT2D eigenvalue weighted by Crippen LogP contribution is -2.38. The van der Waals surface area contributed by atoms with Gasteiger partial charge in [-0.05, 0) is 38.6 Å². The van der Waals surface area contributed by atoms with Crippen molar-refractivity contribution >= 4 is 41.3 Å². The van der Waals surface area contributed by atoms with E-state index in [1.807, 2.05) is 26.1 Å². The summed E-state index contributed by atoms with van der Waals surface area (Å²) in [5.74, 6) is 1.74. The molecule has 174 valence electrons. The van der Waals surface area contributed by atoms with Gasteiger partial charge in [-0.15, -0.1) is 35.3 Å². The molecule has 0 amide bonds. The number of nitrogens with one attached hydrogen (secondary N) is 1. The molecule has 0 saturated carbocycles. The molecule has 0 fully saturated rings. The fraction of sp³-hybridized carbons (Fsp3) is 0.545. The van der Waals surface area contributed by atoms with Crippen LogP contribution in [0.2, 0.25) is 0 Å². The number of rotatable bonds is 12. The number of halogens is 1. The van der Waals surface area contributed by atoms with E-state index in [0.717, 1.165) is 60.8 Å². The summed E-state index contributed by atoms with van der Waals surface area (Å²) in [6.45, 7) is 9.38. The fourth-order valence-corrected chi connectivity index (χ4v) is 3.45. The van der Waals surface area contributed by atoms with Crippen molar-refractivity contribution in [2.45, 2.75) is 26.9 Å². The zero-order valence-corrected chi connectivity index (χ0v) is 22.4. The largest absolute Gasteiger partial charge is 0.492 e. The molecule has 2 rings (SSSR count). The van der Waals surface area contributed by atoms with Crippen molar-refractivity contribution in [1.82, 2.24) is 20.1 Å². The Kier molecular flexibility index (Phi) is 13.7. The number of aliphatic imine (C=N–C) groups is 1. The molecule has 0 aliphatic rings. The van der Waals surface area contributed by atoms with Gasteiger partial charge in [-0.3, -0.25) is 0 Å². The van der Waals surface area contributed by atoms with Gasteiger partial charge in [0.2, 0.25) is 0 Å². The lowest BCUT2D eigenvalue weighted by molar-refractivity contribution is 0.150. The molecule has 7 nitrogen and oxygen atoms in total. The number of hydrogen-bond donors (Lipinski definition) is 1. The summed E-state index contributed by atoms with van der Waals surface area (Å²) in [5.41, 5.74) is 2.19. The van der Waals surface area contributed by atoms with Crippen molar-refractivity contribution in [3.05, 3.63) is 45.9 Å². The highest BCUT2D eigenvalue weighted by atomic mass is 127. The molecule has 0 aliphatic heterocycles. The Hall–Kier alpha value is -1.43. The quantitative estimate of drug-likeness (QED) is 0.243. The van der Waals surface area contributed by atoms with Crippen molar-refractivity contribution in [3.63, 3.8) is 0 Å². The zero-order valence-electron chi connectivity index (χ0n) is 19.3. The lowest BCUT2D eigenvalue weighted by atomic mass is 10.2. The number of ether oxygens (including phenoxy) is 2. The summed E-state index contributed by atoms with van der Waals surface area (Å²) < 4.78 is 11.0. The van der Waals surface area contributed by atoms with Gasteiger partial charge < -0.3 is 24.6 Å². The number of guanidine groups is 1. The SMILES string of the molecule is CCNC(=NCc1cccc(OCCN(C)CCOC)c1)N(C)Cc1csc(C)n1.I. The Morgan fingerprint density at radius 3 is 2.68 bits per heavy atom. The highest BCUT2D eigenvalue weighted by molar-refractivity contribution is 14.0. The standard InChI is InChI=1S/C22H35N5O2S.HI/c1-6-23-22(27(4)16-20-17-30-18(2)25-20)24-15-19-8-7-9-21(14-19)29-13-11-26(3)10-12-28-5;/h7-9,14,17H,6,10-13,15-16H2,1-5H3,(H,23,24);1H. The Bertz CT molecular complexity index is 787. The maximum absolute atomic E-state index is 5.92. The van der Waals surface area contributed by atoms with Crippen LogP contribution >= 0.6 is 35.3 Å². The number of benzene rings is 1. The third-order valence-corrected chi connectivity index (χ3v) is 5.31. The average molecular weight is 562 g/mol. The van der Waals surface area contributed by atoms with Crippen molar-refractivity contribution in [3.8, 4) is 5.75 Å². The second kappa shape index (κ2) is 15.4. The third-order valence-electron chi connectivity index (χ3n) is 4.49. The van der Waals surface area contributed by atoms with Crippen LogP contribution in [0.4, 0.5) is 0 Å². The highest BCUT2D eigenvalue weighted by Gasteiger charge is 2.09. The molecule has 1 aromatic carbocycles. The van der Waals surface area contributed by atoms with Crippen LogP contribution in [0.15, 0.2) is 34.6 Å². The Labute approximate surface area is 207 Å². The van der Waals surface area contributed by atoms with Gasteiger partial charge in [-0.25, -0.2) is 9.98 Å². The van der Waals surface area contributed by atoms with Crippen LogP contribution in [-0.4, -0.2) is 74.8 Å². The monoisotopic (exact) mass is 561 g/mol. The van der Waals surface area contributed by atoms with Gasteiger partial charge in [0.15, 0.2) is 5.96 Å². The third kappa shape index (κ3) is 10.6. The molecule has 0 unspecified atom stereocenters. The van der Waals surface area contributed by atoms with Crippen molar-refractivity contribution in [2.24, 2.45) is 4.99 Å². The minimum atomic E-state index is 0. The number of likely N-dealkylation sites (N-methyl/N-ethyl adjacent to an activating group) is 1. The molecule has 0 saturated heterocycles. The van der Waals surface area contributed by atoms with Crippen LogP contribution in [0.25, 0.3) is 0 Å². The van der Waals surface area contributed by atoms with E-state index in [9.17, 15) is 0 Å². The molecule has 0 spiro atoms. The van der Waals surface area contributed by atoms with Crippen LogP contribution in [-0.2, 0) is 17.8 Å². The topological polar surface area (TPSA) is 62.2 Å². The first-order valence-electron chi connectivity index (χ1n) is 10.3. The van der Waals surface area contributed by atoms with E-state index >= 15 is 0 Å². The van der Waals surface area contributed by atoms with Gasteiger partial charge in [0.25, 0.3) is 0 Å². The van der Waals surface area contributed by atoms with E-state index in [1.165, 1.54) is 0 Å². The summed E-state index contributed by atoms with van der Waals surface area (Å²) in [6, 6.07) is 8.15. The molecule has 0 aliphatic carbocycles. The second-order valence-electron chi connectivity index (χ2n) is 7.18. The minimum Gasteiger partial charge on any atom is -0.492 e. The van der Waals surface area contributed by atoms with Crippen molar-refractivity contribution < 1.29 is 9.47 Å². The first kappa shape index (κ1) is 27.6. The fourth-order valence-electron chi connectivity index (χ4n) is 2.85. The summed E-state index contributed by atoms with van der Waals surface area (Å²) >= 11 is 1.67. The number of nitrogens with zero attached hydrogens (tertiary/aromatic N) is 4. The van der Waals surface area contributed by atoms with Gasteiger partial charge in [0.1, 0.15) is 12.4 Å². The van der Waals surface area contributed by atoms with Crippen molar-refractivity contribution in [1.29, 1.82) is 0 Å². The van der Waals surface area contributed by atoms with E-state index in [2.05, 4.69) is 51.6 Å². The highest BCUT2D eigenvalue weighted by Crippen LogP contribution is 2.15. The van der Waals surface area contributed by atoms with E-state index in [0.29, 0.717) is 13.2 Å². The summed E-state index contributed by atoms with van der Waals surface area (Å²) in [5, 5.41) is 6.55.